The van der Waals surface area contributed by atoms with Crippen LogP contribution in [0.25, 0.3) is 0 Å². The van der Waals surface area contributed by atoms with E-state index in [1.54, 1.807) is 0 Å². The number of methoxy groups -OCH3 is 1. The number of carbonyl (C=O) groups is 3. The number of aliphatic carboxylic acids is 1. The number of urea groups is 1. The molecule has 17 heavy (non-hydrogen) atoms. The smallest absolute Gasteiger partial charge is 0.326 e. The molecule has 0 aliphatic carbocycles. The van der Waals surface area contributed by atoms with Crippen LogP contribution in [-0.2, 0) is 14.3 Å². The number of hydrogen-bond acceptors (Lipinski definition) is 4. The zero-order valence-corrected chi connectivity index (χ0v) is 10.5. The minimum atomic E-state index is -1.08. The first-order valence-corrected chi connectivity index (χ1v) is 5.08. The summed E-state index contributed by atoms with van der Waals surface area (Å²) in [6.45, 7) is 1.59. The van der Waals surface area contributed by atoms with Crippen molar-refractivity contribution in [2.75, 3.05) is 27.7 Å². The standard InChI is InChI=1S/C10H18N2O5/c1-7(9(14)15)12(3)10(16)11(2)6-5-8(13)17-4/h7H,5-6H2,1-4H3,(H,14,15). The third kappa shape index (κ3) is 4.71. The molecule has 1 unspecified atom stereocenters. The Balaban J connectivity index is 4.30. The average molecular weight is 246 g/mol. The van der Waals surface area contributed by atoms with E-state index in [9.17, 15) is 14.4 Å². The van der Waals surface area contributed by atoms with Crippen LogP contribution in [0.4, 0.5) is 4.79 Å². The monoisotopic (exact) mass is 246 g/mol. The van der Waals surface area contributed by atoms with Crippen LogP contribution in [0.5, 0.6) is 0 Å². The second-order valence-corrected chi connectivity index (χ2v) is 3.66. The minimum Gasteiger partial charge on any atom is -0.480 e. The van der Waals surface area contributed by atoms with E-state index in [2.05, 4.69) is 4.74 Å². The number of amides is 2. The molecule has 0 aromatic heterocycles. The Morgan fingerprint density at radius 3 is 2.24 bits per heavy atom. The van der Waals surface area contributed by atoms with Crippen LogP contribution in [0.3, 0.4) is 0 Å². The van der Waals surface area contributed by atoms with E-state index >= 15 is 0 Å². The van der Waals surface area contributed by atoms with Crippen LogP contribution >= 0.6 is 0 Å². The molecule has 0 bridgehead atoms. The molecule has 7 heteroatoms. The highest BCUT2D eigenvalue weighted by molar-refractivity contribution is 5.82. The SMILES string of the molecule is COC(=O)CCN(C)C(=O)N(C)C(C)C(=O)O. The average Bonchev–Trinajstić information content (AvgIpc) is 2.32. The van der Waals surface area contributed by atoms with Gasteiger partial charge in [-0.05, 0) is 6.92 Å². The predicted molar refractivity (Wildman–Crippen MR) is 59.5 cm³/mol. The van der Waals surface area contributed by atoms with Crippen LogP contribution in [0.15, 0.2) is 0 Å². The molecule has 0 fully saturated rings. The van der Waals surface area contributed by atoms with Crippen molar-refractivity contribution in [2.24, 2.45) is 0 Å². The van der Waals surface area contributed by atoms with E-state index in [0.29, 0.717) is 0 Å². The largest absolute Gasteiger partial charge is 0.480 e. The fourth-order valence-corrected chi connectivity index (χ4v) is 1.06. The van der Waals surface area contributed by atoms with Gasteiger partial charge < -0.3 is 19.6 Å². The van der Waals surface area contributed by atoms with E-state index < -0.39 is 24.0 Å². The zero-order chi connectivity index (χ0) is 13.6. The van der Waals surface area contributed by atoms with Gasteiger partial charge in [0, 0.05) is 20.6 Å². The van der Waals surface area contributed by atoms with Crippen LogP contribution < -0.4 is 0 Å². The molecule has 2 amide bonds. The van der Waals surface area contributed by atoms with Gasteiger partial charge in [0.1, 0.15) is 6.04 Å². The molecule has 0 aromatic rings. The Bertz CT molecular complexity index is 305. The normalized spacial score (nSPS) is 11.5. The molecule has 0 saturated carbocycles. The van der Waals surface area contributed by atoms with Gasteiger partial charge in [-0.3, -0.25) is 4.79 Å². The number of carboxylic acids is 1. The molecule has 0 heterocycles. The van der Waals surface area contributed by atoms with Crippen molar-refractivity contribution >= 4 is 18.0 Å². The molecule has 98 valence electrons. The third-order valence-electron chi connectivity index (χ3n) is 2.45. The Hall–Kier alpha value is -1.79. The lowest BCUT2D eigenvalue weighted by Crippen LogP contribution is -2.46. The lowest BCUT2D eigenvalue weighted by molar-refractivity contribution is -0.142. The lowest BCUT2D eigenvalue weighted by atomic mass is 10.3. The second kappa shape index (κ2) is 6.72. The molecule has 0 spiro atoms. The summed E-state index contributed by atoms with van der Waals surface area (Å²) in [5.41, 5.74) is 0. The van der Waals surface area contributed by atoms with Crippen LogP contribution in [-0.4, -0.2) is 66.7 Å². The van der Waals surface area contributed by atoms with E-state index in [1.807, 2.05) is 0 Å². The number of esters is 1. The summed E-state index contributed by atoms with van der Waals surface area (Å²) in [4.78, 5) is 35.7. The molecule has 0 aromatic carbocycles. The summed E-state index contributed by atoms with van der Waals surface area (Å²) in [6, 6.07) is -1.37. The number of rotatable bonds is 5. The third-order valence-corrected chi connectivity index (χ3v) is 2.45. The number of ether oxygens (including phenoxy) is 1. The van der Waals surface area contributed by atoms with Gasteiger partial charge in [-0.15, -0.1) is 0 Å². The molecule has 1 N–H and O–H groups in total. The summed E-state index contributed by atoms with van der Waals surface area (Å²) < 4.78 is 4.44. The maximum atomic E-state index is 11.7. The lowest BCUT2D eigenvalue weighted by Gasteiger charge is -2.27. The Kier molecular flexibility index (Phi) is 6.01. The Labute approximate surface area is 99.9 Å². The first kappa shape index (κ1) is 15.2. The maximum Gasteiger partial charge on any atom is 0.326 e. The van der Waals surface area contributed by atoms with Gasteiger partial charge in [0.05, 0.1) is 13.5 Å². The summed E-state index contributed by atoms with van der Waals surface area (Å²) in [6.07, 6.45) is 0.0774. The van der Waals surface area contributed by atoms with Crippen LogP contribution in [0, 0.1) is 0 Å². The quantitative estimate of drug-likeness (QED) is 0.690. The molecule has 0 aliphatic heterocycles. The van der Waals surface area contributed by atoms with Gasteiger partial charge in [0.2, 0.25) is 0 Å². The number of hydrogen-bond donors (Lipinski definition) is 1. The number of carboxylic acid groups (broad SMARTS) is 1. The maximum absolute atomic E-state index is 11.7. The molecular formula is C10H18N2O5. The van der Waals surface area contributed by atoms with Crippen molar-refractivity contribution in [3.63, 3.8) is 0 Å². The van der Waals surface area contributed by atoms with Crippen molar-refractivity contribution in [1.29, 1.82) is 0 Å². The molecule has 7 nitrogen and oxygen atoms in total. The van der Waals surface area contributed by atoms with Crippen molar-refractivity contribution in [3.05, 3.63) is 0 Å². The first-order chi connectivity index (χ1) is 7.81. The molecular weight excluding hydrogens is 228 g/mol. The van der Waals surface area contributed by atoms with Gasteiger partial charge in [0.25, 0.3) is 0 Å². The Morgan fingerprint density at radius 2 is 1.82 bits per heavy atom. The summed E-state index contributed by atoms with van der Waals surface area (Å²) >= 11 is 0. The highest BCUT2D eigenvalue weighted by atomic mass is 16.5. The van der Waals surface area contributed by atoms with Gasteiger partial charge in [-0.2, -0.15) is 0 Å². The van der Waals surface area contributed by atoms with Gasteiger partial charge in [0.15, 0.2) is 0 Å². The topological polar surface area (TPSA) is 87.2 Å². The van der Waals surface area contributed by atoms with E-state index in [-0.39, 0.29) is 13.0 Å². The minimum absolute atomic E-state index is 0.0774. The van der Waals surface area contributed by atoms with Gasteiger partial charge >= 0.3 is 18.0 Å². The molecule has 0 radical (unpaired) electrons. The van der Waals surface area contributed by atoms with Crippen molar-refractivity contribution < 1.29 is 24.2 Å². The highest BCUT2D eigenvalue weighted by Crippen LogP contribution is 2.02. The highest BCUT2D eigenvalue weighted by Gasteiger charge is 2.24. The van der Waals surface area contributed by atoms with E-state index in [0.717, 1.165) is 4.90 Å². The van der Waals surface area contributed by atoms with E-state index in [4.69, 9.17) is 5.11 Å². The van der Waals surface area contributed by atoms with Crippen LogP contribution in [0.1, 0.15) is 13.3 Å². The Morgan fingerprint density at radius 1 is 1.29 bits per heavy atom. The predicted octanol–water partition coefficient (Wildman–Crippen LogP) is 0.00620. The van der Waals surface area contributed by atoms with Crippen molar-refractivity contribution in [2.45, 2.75) is 19.4 Å². The zero-order valence-electron chi connectivity index (χ0n) is 10.5. The van der Waals surface area contributed by atoms with Crippen LogP contribution in [0.2, 0.25) is 0 Å². The van der Waals surface area contributed by atoms with Crippen molar-refractivity contribution in [1.82, 2.24) is 9.80 Å². The summed E-state index contributed by atoms with van der Waals surface area (Å²) in [7, 11) is 4.16. The number of nitrogens with zero attached hydrogens (tertiary/aromatic N) is 2. The molecule has 0 saturated heterocycles. The fourth-order valence-electron chi connectivity index (χ4n) is 1.06. The summed E-state index contributed by atoms with van der Waals surface area (Å²) in [5, 5.41) is 8.75. The van der Waals surface area contributed by atoms with Gasteiger partial charge in [-0.25, -0.2) is 9.59 Å². The van der Waals surface area contributed by atoms with Gasteiger partial charge in [-0.1, -0.05) is 0 Å². The summed E-state index contributed by atoms with van der Waals surface area (Å²) in [5.74, 6) is -1.50. The van der Waals surface area contributed by atoms with E-state index in [1.165, 1.54) is 33.0 Å². The number of likely N-dealkylation sites (N-methyl/N-ethyl adjacent to an activating group) is 1. The first-order valence-electron chi connectivity index (χ1n) is 5.08. The molecule has 1 atom stereocenters. The molecule has 0 aliphatic rings. The fraction of sp³-hybridized carbons (Fsp3) is 0.700. The second-order valence-electron chi connectivity index (χ2n) is 3.66. The molecule has 0 rings (SSSR count). The van der Waals surface area contributed by atoms with Crippen molar-refractivity contribution in [3.8, 4) is 0 Å². The number of carbonyl (C=O) groups excluding carboxylic acids is 2.